The number of carbonyl (C=O) groups excluding carboxylic acids is 3. The second kappa shape index (κ2) is 9.78. The van der Waals surface area contributed by atoms with E-state index in [1.807, 2.05) is 17.7 Å². The number of rotatable bonds is 6. The summed E-state index contributed by atoms with van der Waals surface area (Å²) < 4.78 is 12.1. The lowest BCUT2D eigenvalue weighted by atomic mass is 10.1. The van der Waals surface area contributed by atoms with E-state index in [1.165, 1.54) is 7.11 Å². The monoisotopic (exact) mass is 462 g/mol. The van der Waals surface area contributed by atoms with Crippen molar-refractivity contribution in [2.24, 2.45) is 0 Å². The number of hydrogen-bond donors (Lipinski definition) is 1. The summed E-state index contributed by atoms with van der Waals surface area (Å²) in [6.45, 7) is 2.35. The summed E-state index contributed by atoms with van der Waals surface area (Å²) >= 11 is 0. The fourth-order valence-corrected chi connectivity index (χ4v) is 4.12. The minimum absolute atomic E-state index is 0.254. The fourth-order valence-electron chi connectivity index (χ4n) is 4.12. The van der Waals surface area contributed by atoms with Crippen LogP contribution in [0.2, 0.25) is 0 Å². The van der Waals surface area contributed by atoms with E-state index in [9.17, 15) is 14.4 Å². The van der Waals surface area contributed by atoms with E-state index in [4.69, 9.17) is 9.47 Å². The highest BCUT2D eigenvalue weighted by atomic mass is 16.5. The van der Waals surface area contributed by atoms with Gasteiger partial charge >= 0.3 is 5.97 Å². The first-order chi connectivity index (χ1) is 16.4. The third-order valence-electron chi connectivity index (χ3n) is 5.82. The van der Waals surface area contributed by atoms with Gasteiger partial charge in [-0.3, -0.25) is 9.59 Å². The van der Waals surface area contributed by atoms with E-state index < -0.39 is 12.0 Å². The van der Waals surface area contributed by atoms with Crippen LogP contribution in [0.1, 0.15) is 39.3 Å². The molecule has 0 saturated carbocycles. The molecule has 1 fully saturated rings. The quantitative estimate of drug-likeness (QED) is 0.565. The zero-order valence-electron chi connectivity index (χ0n) is 19.3. The van der Waals surface area contributed by atoms with Crippen LogP contribution in [0, 0.1) is 6.92 Å². The van der Waals surface area contributed by atoms with E-state index in [-0.39, 0.29) is 17.4 Å². The fraction of sp³-hybridized carbons (Fsp3) is 0.280. The molecule has 1 aromatic heterocycles. The van der Waals surface area contributed by atoms with Crippen LogP contribution in [0.4, 0.5) is 5.69 Å². The van der Waals surface area contributed by atoms with Gasteiger partial charge in [-0.05, 0) is 50.1 Å². The van der Waals surface area contributed by atoms with Crippen molar-refractivity contribution in [1.29, 1.82) is 0 Å². The number of anilines is 1. The largest absolute Gasteiger partial charge is 0.495 e. The number of esters is 1. The summed E-state index contributed by atoms with van der Waals surface area (Å²) in [7, 11) is 2.83. The second-order valence-corrected chi connectivity index (χ2v) is 7.99. The predicted octanol–water partition coefficient (Wildman–Crippen LogP) is 3.22. The number of ether oxygens (including phenoxy) is 2. The Balaban J connectivity index is 1.55. The number of aryl methyl sites for hydroxylation is 1. The lowest BCUT2D eigenvalue weighted by molar-refractivity contribution is -0.119. The molecular formula is C25H26N4O5. The number of likely N-dealkylation sites (tertiary alicyclic amines) is 1. The van der Waals surface area contributed by atoms with Gasteiger partial charge in [0.05, 0.1) is 43.2 Å². The van der Waals surface area contributed by atoms with Crippen molar-refractivity contribution in [2.75, 3.05) is 26.1 Å². The number of aromatic nitrogens is 2. The minimum Gasteiger partial charge on any atom is -0.495 e. The van der Waals surface area contributed by atoms with Crippen LogP contribution in [0.5, 0.6) is 5.75 Å². The van der Waals surface area contributed by atoms with Gasteiger partial charge in [0.25, 0.3) is 5.91 Å². The third kappa shape index (κ3) is 4.50. The van der Waals surface area contributed by atoms with Crippen molar-refractivity contribution in [1.82, 2.24) is 14.5 Å². The molecule has 0 spiro atoms. The molecule has 0 aliphatic carbocycles. The zero-order chi connectivity index (χ0) is 24.2. The lowest BCUT2D eigenvalue weighted by Gasteiger charge is -2.25. The number of nitrogens with one attached hydrogen (secondary N) is 1. The van der Waals surface area contributed by atoms with Crippen LogP contribution >= 0.6 is 0 Å². The molecule has 2 amide bonds. The summed E-state index contributed by atoms with van der Waals surface area (Å²) in [5.74, 6) is -0.628. The van der Waals surface area contributed by atoms with Crippen molar-refractivity contribution in [3.05, 3.63) is 71.8 Å². The van der Waals surface area contributed by atoms with Gasteiger partial charge in [0.1, 0.15) is 11.8 Å². The maximum Gasteiger partial charge on any atom is 0.339 e. The number of carbonyl (C=O) groups is 3. The lowest BCUT2D eigenvalue weighted by Crippen LogP contribution is -2.43. The van der Waals surface area contributed by atoms with Crippen molar-refractivity contribution in [2.45, 2.75) is 25.8 Å². The molecule has 0 radical (unpaired) electrons. The summed E-state index contributed by atoms with van der Waals surface area (Å²) in [5, 5.41) is 2.79. The highest BCUT2D eigenvalue weighted by Gasteiger charge is 2.35. The molecule has 1 aliphatic heterocycles. The van der Waals surface area contributed by atoms with E-state index in [0.717, 1.165) is 11.4 Å². The standard InChI is InChI=1S/C25H26N4O5/c1-16-14-28(15-26-16)20-11-10-17(13-22(20)33-2)24(31)29-12-6-9-21(29)23(30)27-19-8-5-4-7-18(19)25(32)34-3/h4-5,7-8,10-11,13-15,21H,6,9,12H2,1-3H3,(H,27,30)/t21-/m0/s1. The molecule has 4 rings (SSSR count). The summed E-state index contributed by atoms with van der Waals surface area (Å²) in [4.78, 5) is 44.3. The van der Waals surface area contributed by atoms with Crippen molar-refractivity contribution in [3.8, 4) is 11.4 Å². The zero-order valence-corrected chi connectivity index (χ0v) is 19.3. The molecule has 1 saturated heterocycles. The first-order valence-corrected chi connectivity index (χ1v) is 10.9. The number of para-hydroxylation sites is 1. The molecule has 3 aromatic rings. The average molecular weight is 463 g/mol. The molecule has 1 atom stereocenters. The smallest absolute Gasteiger partial charge is 0.339 e. The molecular weight excluding hydrogens is 436 g/mol. The van der Waals surface area contributed by atoms with Crippen molar-refractivity contribution < 1.29 is 23.9 Å². The molecule has 0 bridgehead atoms. The maximum atomic E-state index is 13.4. The first-order valence-electron chi connectivity index (χ1n) is 10.9. The van der Waals surface area contributed by atoms with E-state index in [2.05, 4.69) is 10.3 Å². The molecule has 9 nitrogen and oxygen atoms in total. The highest BCUT2D eigenvalue weighted by molar-refractivity contribution is 6.05. The van der Waals surface area contributed by atoms with Gasteiger partial charge in [-0.25, -0.2) is 9.78 Å². The Morgan fingerprint density at radius 3 is 2.62 bits per heavy atom. The summed E-state index contributed by atoms with van der Waals surface area (Å²) in [5.41, 5.74) is 2.65. The molecule has 1 aliphatic rings. The number of hydrogen-bond acceptors (Lipinski definition) is 6. The summed E-state index contributed by atoms with van der Waals surface area (Å²) in [6.07, 6.45) is 4.78. The molecule has 176 valence electrons. The Morgan fingerprint density at radius 1 is 1.12 bits per heavy atom. The van der Waals surface area contributed by atoms with Crippen LogP contribution in [-0.2, 0) is 9.53 Å². The molecule has 2 heterocycles. The number of nitrogens with zero attached hydrogens (tertiary/aromatic N) is 3. The van der Waals surface area contributed by atoms with Gasteiger partial charge in [0.15, 0.2) is 0 Å². The van der Waals surface area contributed by atoms with E-state index in [1.54, 1.807) is 60.8 Å². The van der Waals surface area contributed by atoms with Gasteiger partial charge in [0, 0.05) is 18.3 Å². The Bertz CT molecular complexity index is 1240. The topological polar surface area (TPSA) is 103 Å². The van der Waals surface area contributed by atoms with Gasteiger partial charge in [-0.1, -0.05) is 12.1 Å². The molecule has 0 unspecified atom stereocenters. The van der Waals surface area contributed by atoms with Crippen molar-refractivity contribution >= 4 is 23.5 Å². The van der Waals surface area contributed by atoms with Crippen LogP contribution < -0.4 is 10.1 Å². The Hall–Kier alpha value is -4.14. The van der Waals surface area contributed by atoms with Crippen LogP contribution in [0.15, 0.2) is 55.0 Å². The Morgan fingerprint density at radius 2 is 1.91 bits per heavy atom. The maximum absolute atomic E-state index is 13.4. The number of methoxy groups -OCH3 is 2. The summed E-state index contributed by atoms with van der Waals surface area (Å²) in [6, 6.07) is 11.2. The normalized spacial score (nSPS) is 15.1. The molecule has 2 aromatic carbocycles. The molecule has 1 N–H and O–H groups in total. The van der Waals surface area contributed by atoms with Crippen LogP contribution in [0.25, 0.3) is 5.69 Å². The third-order valence-corrected chi connectivity index (χ3v) is 5.82. The van der Waals surface area contributed by atoms with E-state index >= 15 is 0 Å². The molecule has 9 heteroatoms. The van der Waals surface area contributed by atoms with Gasteiger partial charge in [0.2, 0.25) is 5.91 Å². The Kier molecular flexibility index (Phi) is 6.62. The number of amides is 2. The number of benzene rings is 2. The first kappa shape index (κ1) is 23.0. The predicted molar refractivity (Wildman–Crippen MR) is 125 cm³/mol. The Labute approximate surface area is 197 Å². The van der Waals surface area contributed by atoms with Gasteiger partial charge in [-0.2, -0.15) is 0 Å². The SMILES string of the molecule is COC(=O)c1ccccc1NC(=O)[C@@H]1CCCN1C(=O)c1ccc(-n2cnc(C)c2)c(OC)c1. The number of imidazole rings is 1. The van der Waals surface area contributed by atoms with Crippen LogP contribution in [-0.4, -0.2) is 59.0 Å². The van der Waals surface area contributed by atoms with E-state index in [0.29, 0.717) is 36.4 Å². The second-order valence-electron chi connectivity index (χ2n) is 7.99. The van der Waals surface area contributed by atoms with Crippen LogP contribution in [0.3, 0.4) is 0 Å². The minimum atomic E-state index is -0.653. The highest BCUT2D eigenvalue weighted by Crippen LogP contribution is 2.28. The van der Waals surface area contributed by atoms with Gasteiger partial charge < -0.3 is 24.3 Å². The van der Waals surface area contributed by atoms with Crippen molar-refractivity contribution in [3.63, 3.8) is 0 Å². The average Bonchev–Trinajstić information content (AvgIpc) is 3.52. The molecule has 34 heavy (non-hydrogen) atoms. The van der Waals surface area contributed by atoms with Gasteiger partial charge in [-0.15, -0.1) is 0 Å².